The van der Waals surface area contributed by atoms with Crippen molar-refractivity contribution < 1.29 is 14.3 Å². The lowest BCUT2D eigenvalue weighted by atomic mass is 9.73. The lowest BCUT2D eigenvalue weighted by molar-refractivity contribution is -0.137. The molecule has 2 fully saturated rings. The molecule has 0 spiro atoms. The van der Waals surface area contributed by atoms with Gasteiger partial charge in [-0.1, -0.05) is 43.2 Å². The maximum Gasteiger partial charge on any atom is 0.243 e. The molecule has 1 aromatic rings. The van der Waals surface area contributed by atoms with Crippen molar-refractivity contribution >= 4 is 24.4 Å². The Balaban J connectivity index is 1.68. The molecule has 1 aromatic carbocycles. The van der Waals surface area contributed by atoms with E-state index >= 15 is 0 Å². The van der Waals surface area contributed by atoms with Gasteiger partial charge in [-0.05, 0) is 51.0 Å². The number of carbonyl (C=O) groups is 2. The highest BCUT2D eigenvalue weighted by atomic mass is 32.1. The second-order valence-electron chi connectivity index (χ2n) is 8.80. The molecule has 2 aliphatic rings. The molecule has 166 valence electrons. The van der Waals surface area contributed by atoms with E-state index in [2.05, 4.69) is 23.3 Å². The first-order valence-corrected chi connectivity index (χ1v) is 12.1. The van der Waals surface area contributed by atoms with Gasteiger partial charge >= 0.3 is 0 Å². The molecule has 3 rings (SSSR count). The summed E-state index contributed by atoms with van der Waals surface area (Å²) in [6, 6.07) is 9.56. The van der Waals surface area contributed by atoms with Crippen molar-refractivity contribution in [1.82, 2.24) is 10.6 Å². The van der Waals surface area contributed by atoms with Crippen molar-refractivity contribution in [3.8, 4) is 0 Å². The van der Waals surface area contributed by atoms with Crippen LogP contribution in [0, 0.1) is 5.41 Å². The standard InChI is InChI=1S/C24H36N2O3S/c1-2-29-20-12-14-24(17-30,15-13-20)23(28)26-21(16-18-8-4-3-5-9-18)22(27)25-19-10-6-7-11-19/h3-5,8-9,19-21,30H,2,6-7,10-17H2,1H3,(H,25,27)(H,26,28)/t20?,21-,24?/m0/s1. The number of rotatable bonds is 9. The zero-order chi connectivity index (χ0) is 21.4. The minimum absolute atomic E-state index is 0.0463. The van der Waals surface area contributed by atoms with E-state index in [0.717, 1.165) is 56.9 Å². The Bertz CT molecular complexity index is 683. The summed E-state index contributed by atoms with van der Waals surface area (Å²) in [4.78, 5) is 26.5. The minimum Gasteiger partial charge on any atom is -0.379 e. The van der Waals surface area contributed by atoms with Crippen LogP contribution in [0.4, 0.5) is 0 Å². The fourth-order valence-electron chi connectivity index (χ4n) is 4.75. The van der Waals surface area contributed by atoms with Crippen LogP contribution in [-0.4, -0.2) is 42.4 Å². The van der Waals surface area contributed by atoms with Crippen LogP contribution in [0.5, 0.6) is 0 Å². The van der Waals surface area contributed by atoms with Crippen LogP contribution in [0.1, 0.15) is 63.9 Å². The van der Waals surface area contributed by atoms with Crippen molar-refractivity contribution in [2.45, 2.75) is 82.9 Å². The quantitative estimate of drug-likeness (QED) is 0.522. The van der Waals surface area contributed by atoms with Crippen LogP contribution >= 0.6 is 12.6 Å². The van der Waals surface area contributed by atoms with Gasteiger partial charge in [0.1, 0.15) is 6.04 Å². The monoisotopic (exact) mass is 432 g/mol. The molecule has 2 N–H and O–H groups in total. The summed E-state index contributed by atoms with van der Waals surface area (Å²) in [6.45, 7) is 2.70. The molecule has 0 bridgehead atoms. The van der Waals surface area contributed by atoms with Gasteiger partial charge in [0.05, 0.1) is 11.5 Å². The second kappa shape index (κ2) is 11.2. The first kappa shape index (κ1) is 23.1. The largest absolute Gasteiger partial charge is 0.379 e. The van der Waals surface area contributed by atoms with Crippen LogP contribution in [0.15, 0.2) is 30.3 Å². The number of amides is 2. The van der Waals surface area contributed by atoms with Crippen molar-refractivity contribution in [1.29, 1.82) is 0 Å². The summed E-state index contributed by atoms with van der Waals surface area (Å²) in [5.41, 5.74) is 0.517. The van der Waals surface area contributed by atoms with Crippen LogP contribution in [0.3, 0.4) is 0 Å². The maximum absolute atomic E-state index is 13.4. The fourth-order valence-corrected chi connectivity index (χ4v) is 5.21. The van der Waals surface area contributed by atoms with Crippen molar-refractivity contribution in [3.63, 3.8) is 0 Å². The summed E-state index contributed by atoms with van der Waals surface area (Å²) in [5.74, 6) is 0.367. The Morgan fingerprint density at radius 2 is 1.80 bits per heavy atom. The SMILES string of the molecule is CCOC1CCC(CS)(C(=O)N[C@@H](Cc2ccccc2)C(=O)NC2CCCC2)CC1. The Morgan fingerprint density at radius 1 is 1.13 bits per heavy atom. The van der Waals surface area contributed by atoms with E-state index in [1.54, 1.807) is 0 Å². The average Bonchev–Trinajstić information content (AvgIpc) is 3.28. The summed E-state index contributed by atoms with van der Waals surface area (Å²) in [6.07, 6.45) is 8.30. The van der Waals surface area contributed by atoms with Gasteiger partial charge in [-0.2, -0.15) is 12.6 Å². The Morgan fingerprint density at radius 3 is 2.40 bits per heavy atom. The molecule has 0 aromatic heterocycles. The lowest BCUT2D eigenvalue weighted by Gasteiger charge is -2.38. The summed E-state index contributed by atoms with van der Waals surface area (Å²) >= 11 is 4.54. The minimum atomic E-state index is -0.568. The van der Waals surface area contributed by atoms with Gasteiger partial charge < -0.3 is 15.4 Å². The molecule has 2 saturated carbocycles. The van der Waals surface area contributed by atoms with Gasteiger partial charge in [0.15, 0.2) is 0 Å². The van der Waals surface area contributed by atoms with Crippen molar-refractivity contribution in [2.24, 2.45) is 5.41 Å². The third-order valence-corrected chi connectivity index (χ3v) is 7.29. The summed E-state index contributed by atoms with van der Waals surface area (Å²) < 4.78 is 5.75. The molecule has 0 saturated heterocycles. The molecule has 6 heteroatoms. The van der Waals surface area contributed by atoms with Gasteiger partial charge in [0.25, 0.3) is 0 Å². The first-order chi connectivity index (χ1) is 14.6. The zero-order valence-electron chi connectivity index (χ0n) is 18.1. The Labute approximate surface area is 186 Å². The van der Waals surface area contributed by atoms with E-state index in [-0.39, 0.29) is 24.0 Å². The zero-order valence-corrected chi connectivity index (χ0v) is 19.0. The van der Waals surface area contributed by atoms with Gasteiger partial charge in [-0.15, -0.1) is 0 Å². The Hall–Kier alpha value is -1.53. The number of hydrogen-bond acceptors (Lipinski definition) is 4. The van der Waals surface area contributed by atoms with E-state index in [1.165, 1.54) is 0 Å². The topological polar surface area (TPSA) is 67.4 Å². The van der Waals surface area contributed by atoms with Gasteiger partial charge in [-0.3, -0.25) is 9.59 Å². The van der Waals surface area contributed by atoms with Gasteiger partial charge in [0, 0.05) is 24.8 Å². The van der Waals surface area contributed by atoms with E-state index in [9.17, 15) is 9.59 Å². The molecule has 0 heterocycles. The smallest absolute Gasteiger partial charge is 0.243 e. The van der Waals surface area contributed by atoms with E-state index in [0.29, 0.717) is 18.8 Å². The van der Waals surface area contributed by atoms with Crippen molar-refractivity contribution in [2.75, 3.05) is 12.4 Å². The molecule has 0 unspecified atom stereocenters. The number of nitrogens with one attached hydrogen (secondary N) is 2. The highest BCUT2D eigenvalue weighted by Gasteiger charge is 2.42. The number of benzene rings is 1. The molecular formula is C24H36N2O3S. The highest BCUT2D eigenvalue weighted by Crippen LogP contribution is 2.39. The molecule has 2 aliphatic carbocycles. The van der Waals surface area contributed by atoms with E-state index < -0.39 is 11.5 Å². The third-order valence-electron chi connectivity index (χ3n) is 6.68. The molecule has 1 atom stereocenters. The normalized spacial score (nSPS) is 25.6. The molecule has 5 nitrogen and oxygen atoms in total. The summed E-state index contributed by atoms with van der Waals surface area (Å²) in [7, 11) is 0. The van der Waals surface area contributed by atoms with Crippen LogP contribution < -0.4 is 10.6 Å². The van der Waals surface area contributed by atoms with Gasteiger partial charge in [0.2, 0.25) is 11.8 Å². The predicted octanol–water partition coefficient (Wildman–Crippen LogP) is 3.67. The average molecular weight is 433 g/mol. The highest BCUT2D eigenvalue weighted by molar-refractivity contribution is 7.80. The number of carbonyl (C=O) groups excluding carboxylic acids is 2. The second-order valence-corrected chi connectivity index (χ2v) is 9.12. The number of thiol groups is 1. The predicted molar refractivity (Wildman–Crippen MR) is 123 cm³/mol. The fraction of sp³-hybridized carbons (Fsp3) is 0.667. The maximum atomic E-state index is 13.4. The van der Waals surface area contributed by atoms with Gasteiger partial charge in [-0.25, -0.2) is 0 Å². The van der Waals surface area contributed by atoms with Crippen LogP contribution in [0.2, 0.25) is 0 Å². The molecule has 2 amide bonds. The lowest BCUT2D eigenvalue weighted by Crippen LogP contribution is -2.55. The van der Waals surface area contributed by atoms with Crippen LogP contribution in [0.25, 0.3) is 0 Å². The van der Waals surface area contributed by atoms with E-state index in [4.69, 9.17) is 4.74 Å². The van der Waals surface area contributed by atoms with Crippen LogP contribution in [-0.2, 0) is 20.7 Å². The number of hydrogen-bond donors (Lipinski definition) is 3. The molecule has 0 aliphatic heterocycles. The molecule has 0 radical (unpaired) electrons. The molecular weight excluding hydrogens is 396 g/mol. The third kappa shape index (κ3) is 6.01. The molecule has 30 heavy (non-hydrogen) atoms. The number of ether oxygens (including phenoxy) is 1. The van der Waals surface area contributed by atoms with Crippen molar-refractivity contribution in [3.05, 3.63) is 35.9 Å². The Kier molecular flexibility index (Phi) is 8.63. The summed E-state index contributed by atoms with van der Waals surface area (Å²) in [5, 5.41) is 6.28. The first-order valence-electron chi connectivity index (χ1n) is 11.4. The van der Waals surface area contributed by atoms with E-state index in [1.807, 2.05) is 37.3 Å².